The van der Waals surface area contributed by atoms with Gasteiger partial charge in [-0.2, -0.15) is 0 Å². The van der Waals surface area contributed by atoms with Crippen LogP contribution >= 0.6 is 0 Å². The van der Waals surface area contributed by atoms with Crippen molar-refractivity contribution in [2.24, 2.45) is 34.0 Å². The van der Waals surface area contributed by atoms with E-state index in [2.05, 4.69) is 13.5 Å². The molecule has 0 heterocycles. The maximum absolute atomic E-state index is 13.3. The first-order valence-corrected chi connectivity index (χ1v) is 10.3. The summed E-state index contributed by atoms with van der Waals surface area (Å²) in [6.45, 7) is 8.37. The first-order chi connectivity index (χ1) is 12.3. The number of allylic oxidation sites excluding steroid dienone is 1. The first kappa shape index (κ1) is 18.2. The number of ketones is 1. The Morgan fingerprint density at radius 2 is 1.96 bits per heavy atom. The molecule has 2 bridgehead atoms. The molecule has 4 heteroatoms. The summed E-state index contributed by atoms with van der Waals surface area (Å²) < 4.78 is 5.64. The molecule has 6 unspecified atom stereocenters. The summed E-state index contributed by atoms with van der Waals surface area (Å²) in [6.07, 6.45) is 7.93. The molecule has 0 aliphatic heterocycles. The van der Waals surface area contributed by atoms with E-state index in [9.17, 15) is 14.7 Å². The average molecular weight is 360 g/mol. The third-order valence-electron chi connectivity index (χ3n) is 8.77. The molecule has 6 atom stereocenters. The molecule has 0 saturated heterocycles. The van der Waals surface area contributed by atoms with Gasteiger partial charge >= 0.3 is 5.97 Å². The average Bonchev–Trinajstić information content (AvgIpc) is 2.63. The Kier molecular flexibility index (Phi) is 4.15. The highest BCUT2D eigenvalue weighted by molar-refractivity contribution is 6.02. The number of esters is 1. The quantitative estimate of drug-likeness (QED) is 0.616. The fraction of sp³-hybridized carbons (Fsp3) is 0.818. The van der Waals surface area contributed by atoms with Crippen LogP contribution in [0.15, 0.2) is 12.2 Å². The van der Waals surface area contributed by atoms with Gasteiger partial charge in [0.1, 0.15) is 0 Å². The topological polar surface area (TPSA) is 63.6 Å². The molecule has 5 aliphatic carbocycles. The number of hydrogen-bond donors (Lipinski definition) is 1. The Morgan fingerprint density at radius 1 is 1.23 bits per heavy atom. The van der Waals surface area contributed by atoms with Crippen molar-refractivity contribution in [3.8, 4) is 0 Å². The van der Waals surface area contributed by atoms with Crippen LogP contribution in [0, 0.1) is 34.0 Å². The van der Waals surface area contributed by atoms with Gasteiger partial charge in [0.25, 0.3) is 0 Å². The Hall–Kier alpha value is -1.16. The van der Waals surface area contributed by atoms with Gasteiger partial charge in [-0.1, -0.05) is 19.9 Å². The molecule has 0 amide bonds. The molecule has 4 nitrogen and oxygen atoms in total. The van der Waals surface area contributed by atoms with Gasteiger partial charge < -0.3 is 9.84 Å². The van der Waals surface area contributed by atoms with E-state index in [0.29, 0.717) is 24.2 Å². The van der Waals surface area contributed by atoms with Crippen molar-refractivity contribution in [3.05, 3.63) is 12.2 Å². The van der Waals surface area contributed by atoms with E-state index in [-0.39, 0.29) is 34.7 Å². The molecule has 1 N–H and O–H groups in total. The van der Waals surface area contributed by atoms with E-state index >= 15 is 0 Å². The molecule has 26 heavy (non-hydrogen) atoms. The monoisotopic (exact) mass is 360 g/mol. The third kappa shape index (κ3) is 2.23. The minimum atomic E-state index is -0.295. The standard InChI is InChI=1S/C22H32O4/c1-14-16-5-9-21(19(14)25)10-6-17-20(3,12-23)7-4-8-22(17,18(21)11-16)13-26-15(2)24/h16-18,23H,1,4-13H2,2-3H3. The second kappa shape index (κ2) is 5.92. The van der Waals surface area contributed by atoms with E-state index in [0.717, 1.165) is 56.9 Å². The minimum absolute atomic E-state index is 0.142. The number of carbonyl (C=O) groups excluding carboxylic acids is 2. The normalized spacial score (nSPS) is 47.3. The molecule has 0 aromatic heterocycles. The Bertz CT molecular complexity index is 655. The number of fused-ring (bicyclic) bond motifs is 3. The Balaban J connectivity index is 1.80. The van der Waals surface area contributed by atoms with E-state index < -0.39 is 0 Å². The zero-order valence-electron chi connectivity index (χ0n) is 16.2. The van der Waals surface area contributed by atoms with Crippen LogP contribution in [-0.2, 0) is 14.3 Å². The van der Waals surface area contributed by atoms with Gasteiger partial charge in [0.15, 0.2) is 5.78 Å². The van der Waals surface area contributed by atoms with Gasteiger partial charge in [-0.05, 0) is 73.7 Å². The summed E-state index contributed by atoms with van der Waals surface area (Å²) in [6, 6.07) is 0. The molecule has 5 saturated carbocycles. The lowest BCUT2D eigenvalue weighted by Gasteiger charge is -2.67. The number of aliphatic hydroxyl groups excluding tert-OH is 1. The Labute approximate surface area is 156 Å². The van der Waals surface area contributed by atoms with Crippen molar-refractivity contribution >= 4 is 11.8 Å². The van der Waals surface area contributed by atoms with E-state index in [1.165, 1.54) is 6.92 Å². The zero-order chi connectivity index (χ0) is 18.7. The lowest BCUT2D eigenvalue weighted by molar-refractivity contribution is -0.207. The van der Waals surface area contributed by atoms with Crippen LogP contribution in [0.2, 0.25) is 0 Å². The second-order valence-electron chi connectivity index (χ2n) is 9.80. The molecule has 0 aromatic carbocycles. The fourth-order valence-electron chi connectivity index (χ4n) is 7.54. The molecule has 5 fully saturated rings. The van der Waals surface area contributed by atoms with Crippen LogP contribution in [0.1, 0.15) is 65.2 Å². The van der Waals surface area contributed by atoms with Crippen LogP contribution in [0.3, 0.4) is 0 Å². The zero-order valence-corrected chi connectivity index (χ0v) is 16.2. The Morgan fingerprint density at radius 3 is 2.65 bits per heavy atom. The van der Waals surface area contributed by atoms with E-state index in [1.54, 1.807) is 0 Å². The number of carbonyl (C=O) groups is 2. The van der Waals surface area contributed by atoms with Gasteiger partial charge in [0.2, 0.25) is 0 Å². The van der Waals surface area contributed by atoms with E-state index in [1.807, 2.05) is 0 Å². The predicted octanol–water partition coefficient (Wildman–Crippen LogP) is 3.67. The molecule has 5 rings (SSSR count). The van der Waals surface area contributed by atoms with Crippen molar-refractivity contribution < 1.29 is 19.4 Å². The molecular formula is C22H32O4. The highest BCUT2D eigenvalue weighted by atomic mass is 16.5. The smallest absolute Gasteiger partial charge is 0.302 e. The van der Waals surface area contributed by atoms with Gasteiger partial charge in [0.05, 0.1) is 6.61 Å². The van der Waals surface area contributed by atoms with E-state index in [4.69, 9.17) is 4.74 Å². The molecule has 0 aromatic rings. The summed E-state index contributed by atoms with van der Waals surface area (Å²) in [5.74, 6) is 0.914. The van der Waals surface area contributed by atoms with Crippen molar-refractivity contribution in [1.29, 1.82) is 0 Å². The van der Waals surface area contributed by atoms with Crippen LogP contribution < -0.4 is 0 Å². The highest BCUT2D eigenvalue weighted by Gasteiger charge is 2.68. The lowest BCUT2D eigenvalue weighted by atomic mass is 9.36. The van der Waals surface area contributed by atoms with Crippen LogP contribution in [0.25, 0.3) is 0 Å². The minimum Gasteiger partial charge on any atom is -0.465 e. The summed E-state index contributed by atoms with van der Waals surface area (Å²) in [4.78, 5) is 24.9. The van der Waals surface area contributed by atoms with Crippen LogP contribution in [-0.4, -0.2) is 30.1 Å². The highest BCUT2D eigenvalue weighted by Crippen LogP contribution is 2.71. The third-order valence-corrected chi connectivity index (χ3v) is 8.77. The lowest BCUT2D eigenvalue weighted by Crippen LogP contribution is -2.65. The van der Waals surface area contributed by atoms with Crippen molar-refractivity contribution in [2.45, 2.75) is 65.2 Å². The summed E-state index contributed by atoms with van der Waals surface area (Å²) >= 11 is 0. The largest absolute Gasteiger partial charge is 0.465 e. The molecular weight excluding hydrogens is 328 g/mol. The van der Waals surface area contributed by atoms with Gasteiger partial charge in [-0.25, -0.2) is 0 Å². The van der Waals surface area contributed by atoms with Crippen molar-refractivity contribution in [3.63, 3.8) is 0 Å². The maximum atomic E-state index is 13.3. The number of hydrogen-bond acceptors (Lipinski definition) is 4. The van der Waals surface area contributed by atoms with Crippen molar-refractivity contribution in [1.82, 2.24) is 0 Å². The molecule has 1 spiro atoms. The molecule has 0 radical (unpaired) electrons. The summed E-state index contributed by atoms with van der Waals surface area (Å²) in [7, 11) is 0. The number of Topliss-reactive ketones (excluding diaryl/α,β-unsaturated/α-hetero) is 1. The van der Waals surface area contributed by atoms with Crippen molar-refractivity contribution in [2.75, 3.05) is 13.2 Å². The first-order valence-electron chi connectivity index (χ1n) is 10.3. The van der Waals surface area contributed by atoms with Gasteiger partial charge in [-0.15, -0.1) is 0 Å². The number of ether oxygens (including phenoxy) is 1. The molecule has 5 aliphatic rings. The number of aliphatic hydroxyl groups is 1. The van der Waals surface area contributed by atoms with Gasteiger partial charge in [0, 0.05) is 24.4 Å². The predicted molar refractivity (Wildman–Crippen MR) is 98.2 cm³/mol. The molecule has 144 valence electrons. The van der Waals surface area contributed by atoms with Gasteiger partial charge in [-0.3, -0.25) is 9.59 Å². The maximum Gasteiger partial charge on any atom is 0.302 e. The van der Waals surface area contributed by atoms with Crippen LogP contribution in [0.4, 0.5) is 0 Å². The fourth-order valence-corrected chi connectivity index (χ4v) is 7.54. The second-order valence-corrected chi connectivity index (χ2v) is 9.80. The van der Waals surface area contributed by atoms with Crippen LogP contribution in [0.5, 0.6) is 0 Å². The summed E-state index contributed by atoms with van der Waals surface area (Å²) in [5.41, 5.74) is 0.232. The number of rotatable bonds is 3. The SMILES string of the molecule is C=C1C(=O)C23CCC1CC2C1(COC(C)=O)CCCC(C)(CO)C1CC3. The summed E-state index contributed by atoms with van der Waals surface area (Å²) in [5, 5.41) is 10.2.